The number of pyridine rings is 1. The Kier molecular flexibility index (Phi) is 10.1. The zero-order valence-corrected chi connectivity index (χ0v) is 13.3. The monoisotopic (exact) mass is 367 g/mol. The topological polar surface area (TPSA) is 108 Å². The second-order valence-electron chi connectivity index (χ2n) is 3.07. The van der Waals surface area contributed by atoms with Crippen molar-refractivity contribution in [3.05, 3.63) is 28.4 Å². The van der Waals surface area contributed by atoms with Gasteiger partial charge in [-0.2, -0.15) is 0 Å². The summed E-state index contributed by atoms with van der Waals surface area (Å²) >= 11 is 3.94. The number of thiol groups is 1. The summed E-state index contributed by atoms with van der Waals surface area (Å²) in [6.45, 7) is 1.50. The maximum atomic E-state index is 9.08. The number of aromatic nitrogens is 1. The minimum absolute atomic E-state index is 0.0270. The number of nitrogens with zero attached hydrogens (tertiary/aromatic N) is 3. The van der Waals surface area contributed by atoms with Gasteiger partial charge < -0.3 is 20.7 Å². The van der Waals surface area contributed by atoms with Crippen LogP contribution in [0.4, 0.5) is 0 Å². The van der Waals surface area contributed by atoms with E-state index >= 15 is 0 Å². The molecule has 107 valence electrons. The molecule has 0 amide bonds. The normalized spacial score (nSPS) is 9.95. The van der Waals surface area contributed by atoms with Crippen LogP contribution in [0, 0.1) is 6.92 Å². The summed E-state index contributed by atoms with van der Waals surface area (Å²) in [5.74, 6) is 0.211. The average molecular weight is 368 g/mol. The SMILES string of the molecule is Cc1ncc(CO)c(C=N[N-]C(N)=[SH+])c1[OH2+].[Cl][Fe+][Cl]. The van der Waals surface area contributed by atoms with E-state index in [1.165, 1.54) is 12.4 Å². The quantitative estimate of drug-likeness (QED) is 0.205. The van der Waals surface area contributed by atoms with Gasteiger partial charge >= 0.3 is 33.3 Å². The van der Waals surface area contributed by atoms with Crippen LogP contribution in [0.1, 0.15) is 16.8 Å². The van der Waals surface area contributed by atoms with Gasteiger partial charge in [0.15, 0.2) is 17.3 Å². The predicted molar refractivity (Wildman–Crippen MR) is 78.6 cm³/mol. The third-order valence-electron chi connectivity index (χ3n) is 1.91. The van der Waals surface area contributed by atoms with E-state index in [0.29, 0.717) is 16.8 Å². The van der Waals surface area contributed by atoms with Crippen molar-refractivity contribution >= 4 is 43.7 Å². The number of aliphatic hydroxyl groups is 1. The van der Waals surface area contributed by atoms with Crippen LogP contribution in [0.15, 0.2) is 11.3 Å². The van der Waals surface area contributed by atoms with Gasteiger partial charge in [-0.1, -0.05) is 0 Å². The summed E-state index contributed by atoms with van der Waals surface area (Å²) in [6.07, 6.45) is 2.86. The van der Waals surface area contributed by atoms with Crippen molar-refractivity contribution in [2.45, 2.75) is 13.5 Å². The van der Waals surface area contributed by atoms with E-state index in [1.807, 2.05) is 0 Å². The van der Waals surface area contributed by atoms with Gasteiger partial charge in [0.05, 0.1) is 12.2 Å². The van der Waals surface area contributed by atoms with Crippen molar-refractivity contribution in [2.75, 3.05) is 0 Å². The van der Waals surface area contributed by atoms with Crippen molar-refractivity contribution in [3.63, 3.8) is 0 Å². The van der Waals surface area contributed by atoms with Crippen LogP contribution in [0.5, 0.6) is 5.75 Å². The van der Waals surface area contributed by atoms with Gasteiger partial charge in [0.2, 0.25) is 0 Å². The Morgan fingerprint density at radius 3 is 2.79 bits per heavy atom. The van der Waals surface area contributed by atoms with Crippen LogP contribution >= 0.6 is 20.2 Å². The van der Waals surface area contributed by atoms with E-state index in [2.05, 4.69) is 27.7 Å². The first-order chi connectivity index (χ1) is 8.97. The Balaban J connectivity index is 0.000000982. The fraction of sp³-hybridized carbons (Fsp3) is 0.222. The van der Waals surface area contributed by atoms with Crippen molar-refractivity contribution in [3.8, 4) is 5.75 Å². The Bertz CT molecular complexity index is 462. The standard InChI is InChI=1S/C9H12N4O2S.2ClH.Fe/c1-5-8(15)7(3-12-13-9(10)16)6(4-14)2-11-5;;;/h2-3,14H,4H2,1H3,(H4,10,11,12,13,15,16);2*1H;/q;;;+3/p-1. The van der Waals surface area contributed by atoms with Crippen LogP contribution in [-0.2, 0) is 32.0 Å². The molecule has 0 aliphatic rings. The molecular formula is C9H13Cl2FeN4O2S+2. The summed E-state index contributed by atoms with van der Waals surface area (Å²) < 4.78 is 0. The van der Waals surface area contributed by atoms with E-state index in [0.717, 1.165) is 0 Å². The first-order valence-corrected chi connectivity index (χ1v) is 8.18. The number of nitrogens with two attached hydrogens (primary N) is 1. The molecule has 0 atom stereocenters. The number of rotatable bonds is 3. The summed E-state index contributed by atoms with van der Waals surface area (Å²) in [4.78, 5) is 3.97. The number of hydrogen-bond donors (Lipinski definition) is 2. The molecule has 0 radical (unpaired) electrons. The van der Waals surface area contributed by atoms with Crippen molar-refractivity contribution in [2.24, 2.45) is 10.8 Å². The Morgan fingerprint density at radius 2 is 2.32 bits per heavy atom. The molecule has 1 aromatic heterocycles. The summed E-state index contributed by atoms with van der Waals surface area (Å²) in [7, 11) is 9.53. The average Bonchev–Trinajstić information content (AvgIpc) is 2.35. The summed E-state index contributed by atoms with van der Waals surface area (Å²) in [5, 5.41) is 20.5. The van der Waals surface area contributed by atoms with E-state index in [1.54, 1.807) is 6.92 Å². The molecule has 0 saturated heterocycles. The van der Waals surface area contributed by atoms with E-state index in [9.17, 15) is 0 Å². The Morgan fingerprint density at radius 1 is 1.74 bits per heavy atom. The zero-order valence-electron chi connectivity index (χ0n) is 9.78. The van der Waals surface area contributed by atoms with Crippen LogP contribution in [0.2, 0.25) is 0 Å². The number of aryl methyl sites for hydroxylation is 1. The molecule has 1 heterocycles. The van der Waals surface area contributed by atoms with Crippen LogP contribution in [0.25, 0.3) is 5.43 Å². The molecule has 0 fully saturated rings. The predicted octanol–water partition coefficient (Wildman–Crippen LogP) is 0.730. The third kappa shape index (κ3) is 7.03. The molecule has 0 unspecified atom stereocenters. The molecule has 0 aromatic carbocycles. The first-order valence-electron chi connectivity index (χ1n) is 4.69. The van der Waals surface area contributed by atoms with E-state index in [-0.39, 0.29) is 30.6 Å². The number of aliphatic hydroxyl groups excluding tert-OH is 1. The van der Waals surface area contributed by atoms with Gasteiger partial charge in [-0.05, 0) is 6.92 Å². The van der Waals surface area contributed by atoms with Crippen LogP contribution in [-0.4, -0.2) is 26.5 Å². The van der Waals surface area contributed by atoms with E-state index in [4.69, 9.17) is 36.1 Å². The molecule has 0 bridgehead atoms. The fourth-order valence-corrected chi connectivity index (χ4v) is 1.14. The van der Waals surface area contributed by atoms with Gasteiger partial charge in [-0.25, -0.2) is 0 Å². The van der Waals surface area contributed by atoms with E-state index < -0.39 is 0 Å². The van der Waals surface area contributed by atoms with Crippen LogP contribution in [0.3, 0.4) is 0 Å². The van der Waals surface area contributed by atoms with Crippen molar-refractivity contribution in [1.29, 1.82) is 0 Å². The zero-order chi connectivity index (χ0) is 14.8. The molecule has 6 nitrogen and oxygen atoms in total. The minimum atomic E-state index is -0.208. The molecule has 10 heteroatoms. The molecule has 0 aliphatic heterocycles. The molecule has 19 heavy (non-hydrogen) atoms. The van der Waals surface area contributed by atoms with Crippen LogP contribution < -0.4 is 5.73 Å². The number of hydrogen-bond acceptors (Lipinski definition) is 3. The van der Waals surface area contributed by atoms with Crippen molar-refractivity contribution < 1.29 is 23.3 Å². The summed E-state index contributed by atoms with van der Waals surface area (Å²) in [5.41, 5.74) is 10.3. The third-order valence-corrected chi connectivity index (χ3v) is 2.00. The van der Waals surface area contributed by atoms with Gasteiger partial charge in [-0.3, -0.25) is 10.7 Å². The second kappa shape index (κ2) is 10.3. The first kappa shape index (κ1) is 18.5. The fourth-order valence-electron chi connectivity index (χ4n) is 1.08. The van der Waals surface area contributed by atoms with Gasteiger partial charge in [0.1, 0.15) is 5.69 Å². The molecular weight excluding hydrogens is 355 g/mol. The van der Waals surface area contributed by atoms with Gasteiger partial charge in [0, 0.05) is 18.0 Å². The molecule has 1 rings (SSSR count). The molecule has 0 spiro atoms. The second-order valence-corrected chi connectivity index (χ2v) is 5.35. The maximum absolute atomic E-state index is 9.08. The van der Waals surface area contributed by atoms with Gasteiger partial charge in [-0.15, -0.1) is 0 Å². The Labute approximate surface area is 130 Å². The molecule has 0 aliphatic carbocycles. The molecule has 1 aromatic rings. The van der Waals surface area contributed by atoms with Crippen molar-refractivity contribution in [1.82, 2.24) is 4.98 Å². The Hall–Kier alpha value is -0.471. The molecule has 0 saturated carbocycles. The number of halogens is 2. The summed E-state index contributed by atoms with van der Waals surface area (Å²) in [6, 6.07) is 0. The molecule has 5 N–H and O–H groups in total. The van der Waals surface area contributed by atoms with Gasteiger partial charge in [0.25, 0.3) is 5.75 Å².